The third-order valence-electron chi connectivity index (χ3n) is 8.25. The minimum absolute atomic E-state index is 0.0221. The molecular weight excluding hydrogens is 384 g/mol. The average molecular weight is 423 g/mol. The van der Waals surface area contributed by atoms with Crippen LogP contribution in [-0.4, -0.2) is 51.9 Å². The van der Waals surface area contributed by atoms with Gasteiger partial charge in [0.25, 0.3) is 0 Å². The normalized spacial score (nSPS) is 30.9. The van der Waals surface area contributed by atoms with Gasteiger partial charge in [0.05, 0.1) is 0 Å². The SMILES string of the molecule is C[C@@H]1C[C@@]2(CCN1Cc1ccccc1)C(NC1CCCCC1)=NC(=O)N2C1CCCC1. The van der Waals surface area contributed by atoms with E-state index in [2.05, 4.69) is 52.4 Å². The third kappa shape index (κ3) is 4.13. The first-order valence-corrected chi connectivity index (χ1v) is 12.6. The molecule has 4 aliphatic rings. The van der Waals surface area contributed by atoms with Gasteiger partial charge in [-0.3, -0.25) is 4.90 Å². The molecule has 1 saturated heterocycles. The van der Waals surface area contributed by atoms with E-state index < -0.39 is 0 Å². The van der Waals surface area contributed by atoms with E-state index in [9.17, 15) is 4.79 Å². The van der Waals surface area contributed by atoms with Crippen LogP contribution in [0.3, 0.4) is 0 Å². The van der Waals surface area contributed by atoms with E-state index in [1.54, 1.807) is 0 Å². The Hall–Kier alpha value is -1.88. The Kier molecular flexibility index (Phi) is 6.05. The van der Waals surface area contributed by atoms with Crippen LogP contribution in [0.1, 0.15) is 83.1 Å². The summed E-state index contributed by atoms with van der Waals surface area (Å²) in [7, 11) is 0. The van der Waals surface area contributed by atoms with Crippen molar-refractivity contribution in [3.63, 3.8) is 0 Å². The van der Waals surface area contributed by atoms with Crippen molar-refractivity contribution < 1.29 is 4.79 Å². The van der Waals surface area contributed by atoms with Gasteiger partial charge in [-0.1, -0.05) is 62.4 Å². The zero-order valence-electron chi connectivity index (χ0n) is 19.1. The van der Waals surface area contributed by atoms with Crippen molar-refractivity contribution in [3.8, 4) is 0 Å². The number of nitrogens with zero attached hydrogens (tertiary/aromatic N) is 3. The standard InChI is InChI=1S/C26H38N4O/c1-20-18-26(16-17-29(20)19-21-10-4-2-5-11-21)24(27-22-12-6-3-7-13-22)28-25(31)30(26)23-14-8-9-15-23/h2,4-5,10-11,20,22-23H,3,6-9,12-19H2,1H3,(H,27,28,31)/t20-,26+/m1/s1. The third-order valence-corrected chi connectivity index (χ3v) is 8.25. The topological polar surface area (TPSA) is 47.9 Å². The summed E-state index contributed by atoms with van der Waals surface area (Å²) in [4.78, 5) is 22.8. The number of carbonyl (C=O) groups is 1. The summed E-state index contributed by atoms with van der Waals surface area (Å²) in [6.45, 7) is 4.34. The second kappa shape index (κ2) is 8.93. The number of piperidine rings is 1. The molecule has 2 saturated carbocycles. The van der Waals surface area contributed by atoms with Gasteiger partial charge in [-0.25, -0.2) is 4.79 Å². The molecule has 1 N–H and O–H groups in total. The fourth-order valence-electron chi connectivity index (χ4n) is 6.58. The molecule has 2 aliphatic carbocycles. The minimum atomic E-state index is -0.226. The number of nitrogens with one attached hydrogen (secondary N) is 1. The fourth-order valence-corrected chi connectivity index (χ4v) is 6.58. The predicted octanol–water partition coefficient (Wildman–Crippen LogP) is 5.11. The van der Waals surface area contributed by atoms with Gasteiger partial charge in [-0.15, -0.1) is 0 Å². The van der Waals surface area contributed by atoms with Crippen LogP contribution >= 0.6 is 0 Å². The van der Waals surface area contributed by atoms with Crippen LogP contribution in [0.5, 0.6) is 0 Å². The molecule has 1 spiro atoms. The smallest absolute Gasteiger partial charge is 0.346 e. The van der Waals surface area contributed by atoms with Crippen molar-refractivity contribution >= 4 is 11.9 Å². The molecule has 3 fully saturated rings. The second-order valence-electron chi connectivity index (χ2n) is 10.3. The van der Waals surface area contributed by atoms with E-state index in [-0.39, 0.29) is 11.6 Å². The molecule has 5 heteroatoms. The van der Waals surface area contributed by atoms with Crippen LogP contribution in [0.15, 0.2) is 35.3 Å². The summed E-state index contributed by atoms with van der Waals surface area (Å²) in [5.41, 5.74) is 1.14. The molecule has 2 heterocycles. The van der Waals surface area contributed by atoms with Crippen molar-refractivity contribution in [1.82, 2.24) is 15.1 Å². The summed E-state index contributed by atoms with van der Waals surface area (Å²) >= 11 is 0. The highest BCUT2D eigenvalue weighted by atomic mass is 16.2. The quantitative estimate of drug-likeness (QED) is 0.734. The number of hydrogen-bond acceptors (Lipinski definition) is 3. The van der Waals surface area contributed by atoms with Crippen molar-refractivity contribution in [2.24, 2.45) is 4.99 Å². The zero-order chi connectivity index (χ0) is 21.3. The van der Waals surface area contributed by atoms with Crippen molar-refractivity contribution in [2.45, 2.75) is 108 Å². The van der Waals surface area contributed by atoms with Crippen molar-refractivity contribution in [3.05, 3.63) is 35.9 Å². The number of aliphatic imine (C=N–C) groups is 1. The lowest BCUT2D eigenvalue weighted by Crippen LogP contribution is -2.65. The van der Waals surface area contributed by atoms with Gasteiger partial charge in [0, 0.05) is 31.2 Å². The number of urea groups is 1. The molecule has 5 nitrogen and oxygen atoms in total. The Balaban J connectivity index is 1.38. The van der Waals surface area contributed by atoms with Gasteiger partial charge in [0.15, 0.2) is 0 Å². The van der Waals surface area contributed by atoms with Gasteiger partial charge in [0.1, 0.15) is 11.4 Å². The van der Waals surface area contributed by atoms with Gasteiger partial charge in [0.2, 0.25) is 0 Å². The Bertz CT molecular complexity index is 797. The van der Waals surface area contributed by atoms with Crippen molar-refractivity contribution in [2.75, 3.05) is 6.54 Å². The summed E-state index contributed by atoms with van der Waals surface area (Å²) in [6.07, 6.45) is 13.1. The van der Waals surface area contributed by atoms with Gasteiger partial charge >= 0.3 is 6.03 Å². The van der Waals surface area contributed by atoms with E-state index in [0.29, 0.717) is 18.1 Å². The van der Waals surface area contributed by atoms with Gasteiger partial charge < -0.3 is 10.2 Å². The molecule has 2 amide bonds. The Morgan fingerprint density at radius 3 is 2.45 bits per heavy atom. The first kappa shape index (κ1) is 21.0. The first-order chi connectivity index (χ1) is 15.2. The van der Waals surface area contributed by atoms with E-state index >= 15 is 0 Å². The minimum Gasteiger partial charge on any atom is -0.369 e. The van der Waals surface area contributed by atoms with Crippen LogP contribution in [0.4, 0.5) is 4.79 Å². The molecule has 5 rings (SSSR count). The predicted molar refractivity (Wildman–Crippen MR) is 125 cm³/mol. The maximum absolute atomic E-state index is 13.3. The first-order valence-electron chi connectivity index (χ1n) is 12.6. The number of amides is 2. The summed E-state index contributed by atoms with van der Waals surface area (Å²) < 4.78 is 0. The maximum atomic E-state index is 13.3. The van der Waals surface area contributed by atoms with Crippen molar-refractivity contribution in [1.29, 1.82) is 0 Å². The molecule has 0 radical (unpaired) electrons. The number of benzene rings is 1. The molecule has 2 aliphatic heterocycles. The molecule has 1 aromatic carbocycles. The maximum Gasteiger partial charge on any atom is 0.346 e. The van der Waals surface area contributed by atoms with Crippen LogP contribution in [0.2, 0.25) is 0 Å². The highest BCUT2D eigenvalue weighted by Gasteiger charge is 2.55. The lowest BCUT2D eigenvalue weighted by Gasteiger charge is -2.50. The molecule has 31 heavy (non-hydrogen) atoms. The van der Waals surface area contributed by atoms with Gasteiger partial charge in [-0.2, -0.15) is 4.99 Å². The van der Waals surface area contributed by atoms with Crippen LogP contribution in [0.25, 0.3) is 0 Å². The van der Waals surface area contributed by atoms with Crippen LogP contribution < -0.4 is 5.32 Å². The highest BCUT2D eigenvalue weighted by Crippen LogP contribution is 2.42. The summed E-state index contributed by atoms with van der Waals surface area (Å²) in [5.74, 6) is 1.00. The highest BCUT2D eigenvalue weighted by molar-refractivity contribution is 6.07. The lowest BCUT2D eigenvalue weighted by atomic mass is 9.79. The molecule has 0 aromatic heterocycles. The number of amidine groups is 1. The molecule has 1 aromatic rings. The summed E-state index contributed by atoms with van der Waals surface area (Å²) in [5, 5.41) is 3.82. The van der Waals surface area contributed by atoms with Crippen LogP contribution in [0, 0.1) is 0 Å². The summed E-state index contributed by atoms with van der Waals surface area (Å²) in [6, 6.07) is 12.1. The second-order valence-corrected chi connectivity index (χ2v) is 10.3. The monoisotopic (exact) mass is 422 g/mol. The molecule has 168 valence electrons. The Labute approximate surface area is 187 Å². The average Bonchev–Trinajstić information content (AvgIpc) is 3.38. The fraction of sp³-hybridized carbons (Fsp3) is 0.692. The number of likely N-dealkylation sites (tertiary alicyclic amines) is 1. The van der Waals surface area contributed by atoms with Crippen LogP contribution in [-0.2, 0) is 6.54 Å². The van der Waals surface area contributed by atoms with E-state index in [1.807, 2.05) is 0 Å². The number of carbonyl (C=O) groups excluding carboxylic acids is 1. The zero-order valence-corrected chi connectivity index (χ0v) is 19.1. The van der Waals surface area contributed by atoms with E-state index in [0.717, 1.165) is 44.6 Å². The number of rotatable bonds is 4. The Morgan fingerprint density at radius 1 is 1.03 bits per heavy atom. The number of hydrogen-bond donors (Lipinski definition) is 1. The van der Waals surface area contributed by atoms with Gasteiger partial charge in [-0.05, 0) is 51.0 Å². The van der Waals surface area contributed by atoms with E-state index in [4.69, 9.17) is 4.99 Å². The van der Waals surface area contributed by atoms with E-state index in [1.165, 1.54) is 50.5 Å². The molecular formula is C26H38N4O. The Morgan fingerprint density at radius 2 is 1.74 bits per heavy atom. The molecule has 0 unspecified atom stereocenters. The lowest BCUT2D eigenvalue weighted by molar-refractivity contribution is 0.0418. The molecule has 0 bridgehead atoms. The largest absolute Gasteiger partial charge is 0.369 e. The molecule has 2 atom stereocenters.